The van der Waals surface area contributed by atoms with Crippen molar-refractivity contribution in [1.82, 2.24) is 25.9 Å². The zero-order valence-electron chi connectivity index (χ0n) is 20.2. The molecule has 0 saturated heterocycles. The second kappa shape index (κ2) is 14.3. The highest BCUT2D eigenvalue weighted by atomic mass is 16.4. The number of nitrogens with one attached hydrogen (secondary N) is 4. The van der Waals surface area contributed by atoms with Crippen molar-refractivity contribution in [2.24, 2.45) is 5.73 Å². The van der Waals surface area contributed by atoms with Gasteiger partial charge in [0.15, 0.2) is 0 Å². The number of aromatic nitrogens is 2. The number of amides is 3. The molecule has 0 saturated carbocycles. The number of phenolic OH excluding ortho intramolecular Hbond substituents is 1. The Morgan fingerprint density at radius 2 is 1.50 bits per heavy atom. The summed E-state index contributed by atoms with van der Waals surface area (Å²) >= 11 is 0. The van der Waals surface area contributed by atoms with Crippen molar-refractivity contribution >= 4 is 29.7 Å². The highest BCUT2D eigenvalue weighted by Gasteiger charge is 2.31. The van der Waals surface area contributed by atoms with Gasteiger partial charge in [-0.3, -0.25) is 19.2 Å². The van der Waals surface area contributed by atoms with Gasteiger partial charge in [0.2, 0.25) is 17.7 Å². The Bertz CT molecular complexity index is 1110. The number of aromatic amines is 1. The molecule has 0 radical (unpaired) electrons. The van der Waals surface area contributed by atoms with Crippen LogP contribution in [0.25, 0.3) is 0 Å². The maximum atomic E-state index is 13.1. The van der Waals surface area contributed by atoms with Gasteiger partial charge < -0.3 is 47.1 Å². The fourth-order valence-corrected chi connectivity index (χ4v) is 3.34. The smallest absolute Gasteiger partial charge is 0.326 e. The minimum absolute atomic E-state index is 0.0171. The summed E-state index contributed by atoms with van der Waals surface area (Å²) in [5.41, 5.74) is 6.40. The first-order valence-corrected chi connectivity index (χ1v) is 11.5. The number of carboxylic acid groups (broad SMARTS) is 2. The number of aromatic hydroxyl groups is 1. The molecule has 38 heavy (non-hydrogen) atoms. The number of phenols is 1. The van der Waals surface area contributed by atoms with Gasteiger partial charge in [-0.25, -0.2) is 9.78 Å². The third kappa shape index (κ3) is 9.51. The van der Waals surface area contributed by atoms with Gasteiger partial charge in [0, 0.05) is 31.2 Å². The number of hydrogen-bond donors (Lipinski definition) is 9. The Morgan fingerprint density at radius 1 is 0.895 bits per heavy atom. The predicted molar refractivity (Wildman–Crippen MR) is 129 cm³/mol. The van der Waals surface area contributed by atoms with E-state index in [1.807, 2.05) is 0 Å². The van der Waals surface area contributed by atoms with E-state index < -0.39 is 66.9 Å². The highest BCUT2D eigenvalue weighted by Crippen LogP contribution is 2.12. The maximum Gasteiger partial charge on any atom is 0.326 e. The molecule has 3 amide bonds. The Balaban J connectivity index is 2.22. The van der Waals surface area contributed by atoms with Gasteiger partial charge in [0.05, 0.1) is 12.9 Å². The molecule has 0 bridgehead atoms. The average Bonchev–Trinajstić information content (AvgIpc) is 3.39. The van der Waals surface area contributed by atoms with Crippen molar-refractivity contribution in [1.29, 1.82) is 0 Å². The van der Waals surface area contributed by atoms with E-state index in [0.29, 0.717) is 11.3 Å². The van der Waals surface area contributed by atoms with E-state index in [4.69, 9.17) is 15.9 Å². The molecule has 4 unspecified atom stereocenters. The SMILES string of the molecule is NC(CO)C(=O)NC(CCC(=O)O)C(=O)NC(Cc1cnc[nH]1)C(=O)NC(Cc1ccc(O)cc1)C(=O)O. The number of benzene rings is 1. The highest BCUT2D eigenvalue weighted by molar-refractivity contribution is 5.94. The lowest BCUT2D eigenvalue weighted by molar-refractivity contribution is -0.142. The van der Waals surface area contributed by atoms with Crippen LogP contribution in [-0.4, -0.2) is 90.8 Å². The number of H-pyrrole nitrogens is 1. The van der Waals surface area contributed by atoms with Gasteiger partial charge in [0.1, 0.15) is 29.9 Å². The number of nitrogens with two attached hydrogens (primary N) is 1. The van der Waals surface area contributed by atoms with Crippen LogP contribution in [0.2, 0.25) is 0 Å². The Hall–Kier alpha value is -4.50. The monoisotopic (exact) mass is 534 g/mol. The molecular formula is C23H30N6O9. The van der Waals surface area contributed by atoms with Crippen LogP contribution in [0.5, 0.6) is 5.75 Å². The molecule has 2 rings (SSSR count). The molecule has 4 atom stereocenters. The Kier molecular flexibility index (Phi) is 11.2. The number of aliphatic hydroxyl groups is 1. The molecule has 1 aromatic heterocycles. The molecule has 15 nitrogen and oxygen atoms in total. The number of carboxylic acids is 2. The molecule has 2 aromatic rings. The fraction of sp³-hybridized carbons (Fsp3) is 0.391. The Morgan fingerprint density at radius 3 is 2.05 bits per heavy atom. The first-order valence-electron chi connectivity index (χ1n) is 11.5. The van der Waals surface area contributed by atoms with E-state index in [9.17, 15) is 34.2 Å². The summed E-state index contributed by atoms with van der Waals surface area (Å²) in [5.74, 6) is -5.30. The molecule has 15 heteroatoms. The first kappa shape index (κ1) is 29.7. The molecule has 0 aliphatic heterocycles. The van der Waals surface area contributed by atoms with Gasteiger partial charge in [0.25, 0.3) is 0 Å². The number of nitrogens with zero attached hydrogens (tertiary/aromatic N) is 1. The summed E-state index contributed by atoms with van der Waals surface area (Å²) in [6, 6.07) is 0.203. The topological polar surface area (TPSA) is 257 Å². The molecule has 0 fully saturated rings. The second-order valence-electron chi connectivity index (χ2n) is 8.39. The summed E-state index contributed by atoms with van der Waals surface area (Å²) < 4.78 is 0. The van der Waals surface area contributed by atoms with E-state index in [0.717, 1.165) is 0 Å². The summed E-state index contributed by atoms with van der Waals surface area (Å²) in [4.78, 5) is 67.8. The molecule has 0 aliphatic carbocycles. The zero-order chi connectivity index (χ0) is 28.2. The van der Waals surface area contributed by atoms with Crippen molar-refractivity contribution in [3.63, 3.8) is 0 Å². The molecule has 1 aromatic carbocycles. The minimum Gasteiger partial charge on any atom is -0.508 e. The van der Waals surface area contributed by atoms with Crippen LogP contribution in [0.4, 0.5) is 0 Å². The minimum atomic E-state index is -1.42. The van der Waals surface area contributed by atoms with E-state index in [1.165, 1.54) is 36.8 Å². The summed E-state index contributed by atoms with van der Waals surface area (Å²) in [5, 5.41) is 44.2. The van der Waals surface area contributed by atoms with Crippen molar-refractivity contribution in [3.05, 3.63) is 48.0 Å². The lowest BCUT2D eigenvalue weighted by atomic mass is 10.0. The fourth-order valence-electron chi connectivity index (χ4n) is 3.34. The molecule has 0 aliphatic rings. The van der Waals surface area contributed by atoms with E-state index in [-0.39, 0.29) is 25.0 Å². The quantitative estimate of drug-likeness (QED) is 0.117. The standard InChI is InChI=1S/C23H30N6O9/c24-15(10-30)20(34)27-16(5-6-19(32)33)21(35)28-17(8-13-9-25-11-26-13)22(36)29-18(23(37)38)7-12-1-3-14(31)4-2-12/h1-4,9,11,15-18,30-31H,5-8,10,24H2,(H,25,26)(H,27,34)(H,28,35)(H,29,36)(H,32,33)(H,37,38). The van der Waals surface area contributed by atoms with Crippen LogP contribution in [-0.2, 0) is 36.8 Å². The third-order valence-electron chi connectivity index (χ3n) is 5.42. The molecular weight excluding hydrogens is 504 g/mol. The maximum absolute atomic E-state index is 13.1. The van der Waals surface area contributed by atoms with Crippen LogP contribution < -0.4 is 21.7 Å². The summed E-state index contributed by atoms with van der Waals surface area (Å²) in [7, 11) is 0. The van der Waals surface area contributed by atoms with Gasteiger partial charge in [-0.15, -0.1) is 0 Å². The number of rotatable bonds is 15. The van der Waals surface area contributed by atoms with Crippen LogP contribution in [0.1, 0.15) is 24.1 Å². The van der Waals surface area contributed by atoms with Crippen LogP contribution in [0.3, 0.4) is 0 Å². The molecule has 10 N–H and O–H groups in total. The number of aliphatic carboxylic acids is 2. The number of carbonyl (C=O) groups excluding carboxylic acids is 3. The van der Waals surface area contributed by atoms with E-state index in [2.05, 4.69) is 25.9 Å². The normalized spacial score (nSPS) is 13.9. The van der Waals surface area contributed by atoms with Crippen molar-refractivity contribution < 1.29 is 44.4 Å². The molecule has 1 heterocycles. The van der Waals surface area contributed by atoms with E-state index in [1.54, 1.807) is 0 Å². The van der Waals surface area contributed by atoms with Crippen molar-refractivity contribution in [2.75, 3.05) is 6.61 Å². The number of carbonyl (C=O) groups is 5. The van der Waals surface area contributed by atoms with Gasteiger partial charge >= 0.3 is 11.9 Å². The second-order valence-corrected chi connectivity index (χ2v) is 8.39. The van der Waals surface area contributed by atoms with Crippen LogP contribution >= 0.6 is 0 Å². The van der Waals surface area contributed by atoms with Gasteiger partial charge in [-0.05, 0) is 24.1 Å². The lowest BCUT2D eigenvalue weighted by Gasteiger charge is -2.25. The third-order valence-corrected chi connectivity index (χ3v) is 5.42. The van der Waals surface area contributed by atoms with Crippen molar-refractivity contribution in [2.45, 2.75) is 49.9 Å². The summed E-state index contributed by atoms with van der Waals surface area (Å²) in [6.07, 6.45) is 1.62. The van der Waals surface area contributed by atoms with Gasteiger partial charge in [-0.2, -0.15) is 0 Å². The predicted octanol–water partition coefficient (Wildman–Crippen LogP) is -2.38. The first-order chi connectivity index (χ1) is 18.0. The van der Waals surface area contributed by atoms with Crippen molar-refractivity contribution in [3.8, 4) is 5.75 Å². The zero-order valence-corrected chi connectivity index (χ0v) is 20.2. The van der Waals surface area contributed by atoms with Crippen LogP contribution in [0.15, 0.2) is 36.8 Å². The molecule has 0 spiro atoms. The summed E-state index contributed by atoms with van der Waals surface area (Å²) in [6.45, 7) is -0.721. The molecule has 206 valence electrons. The largest absolute Gasteiger partial charge is 0.508 e. The lowest BCUT2D eigenvalue weighted by Crippen LogP contribution is -2.58. The van der Waals surface area contributed by atoms with E-state index >= 15 is 0 Å². The van der Waals surface area contributed by atoms with Gasteiger partial charge in [-0.1, -0.05) is 12.1 Å². The van der Waals surface area contributed by atoms with Crippen LogP contribution in [0, 0.1) is 0 Å². The number of aliphatic hydroxyl groups excluding tert-OH is 1. The number of hydrogen-bond acceptors (Lipinski definition) is 9. The Labute approximate surface area is 216 Å². The number of imidazole rings is 1. The average molecular weight is 535 g/mol.